The summed E-state index contributed by atoms with van der Waals surface area (Å²) in [7, 11) is 0. The summed E-state index contributed by atoms with van der Waals surface area (Å²) in [6.45, 7) is 1.29. The van der Waals surface area contributed by atoms with Gasteiger partial charge in [0.25, 0.3) is 0 Å². The number of nitrogen functional groups attached to an aromatic ring is 1. The minimum atomic E-state index is -4.39. The number of hydrogen-bond acceptors (Lipinski definition) is 4. The SMILES string of the molecule is Nc1ncc(-c2ccc(C(F)(F)F)cc2)c(C2CCCN(C(=O)C3CCCCC3)C2)n1. The van der Waals surface area contributed by atoms with Crippen LogP contribution >= 0.6 is 0 Å². The van der Waals surface area contributed by atoms with Crippen LogP contribution in [-0.4, -0.2) is 33.9 Å². The Morgan fingerprint density at radius 1 is 1.03 bits per heavy atom. The minimum absolute atomic E-state index is 0.0242. The average molecular weight is 432 g/mol. The van der Waals surface area contributed by atoms with Crippen molar-refractivity contribution in [1.82, 2.24) is 14.9 Å². The summed E-state index contributed by atoms with van der Waals surface area (Å²) in [6.07, 6.45) is 4.21. The zero-order valence-corrected chi connectivity index (χ0v) is 17.4. The Bertz CT molecular complexity index is 923. The van der Waals surface area contributed by atoms with Crippen LogP contribution in [0, 0.1) is 5.92 Å². The summed E-state index contributed by atoms with van der Waals surface area (Å²) in [5.74, 6) is 0.435. The second-order valence-electron chi connectivity index (χ2n) is 8.56. The van der Waals surface area contributed by atoms with Crippen LogP contribution in [0.3, 0.4) is 0 Å². The molecular weight excluding hydrogens is 405 g/mol. The van der Waals surface area contributed by atoms with Crippen LogP contribution in [0.2, 0.25) is 0 Å². The van der Waals surface area contributed by atoms with E-state index in [4.69, 9.17) is 5.73 Å². The Morgan fingerprint density at radius 3 is 2.42 bits per heavy atom. The number of alkyl halides is 3. The third kappa shape index (κ3) is 4.83. The van der Waals surface area contributed by atoms with Crippen LogP contribution in [0.4, 0.5) is 19.1 Å². The van der Waals surface area contributed by atoms with Crippen LogP contribution < -0.4 is 5.73 Å². The second kappa shape index (κ2) is 8.85. The van der Waals surface area contributed by atoms with Crippen molar-refractivity contribution in [2.24, 2.45) is 5.92 Å². The lowest BCUT2D eigenvalue weighted by molar-refractivity contribution is -0.138. The normalized spacial score (nSPS) is 20.6. The predicted octanol–water partition coefficient (Wildman–Crippen LogP) is 5.03. The van der Waals surface area contributed by atoms with E-state index in [-0.39, 0.29) is 23.7 Å². The molecule has 2 heterocycles. The molecule has 2 N–H and O–H groups in total. The lowest BCUT2D eigenvalue weighted by Crippen LogP contribution is -2.43. The summed E-state index contributed by atoms with van der Waals surface area (Å²) in [4.78, 5) is 23.5. The Morgan fingerprint density at radius 2 is 1.74 bits per heavy atom. The third-order valence-corrected chi connectivity index (χ3v) is 6.43. The van der Waals surface area contributed by atoms with Crippen LogP contribution in [0.15, 0.2) is 30.5 Å². The lowest BCUT2D eigenvalue weighted by atomic mass is 9.86. The lowest BCUT2D eigenvalue weighted by Gasteiger charge is -2.36. The van der Waals surface area contributed by atoms with Crippen molar-refractivity contribution in [3.05, 3.63) is 41.7 Å². The van der Waals surface area contributed by atoms with E-state index in [9.17, 15) is 18.0 Å². The first-order valence-corrected chi connectivity index (χ1v) is 10.9. The largest absolute Gasteiger partial charge is 0.416 e. The van der Waals surface area contributed by atoms with Crippen molar-refractivity contribution in [3.8, 4) is 11.1 Å². The molecule has 0 spiro atoms. The molecule has 1 saturated heterocycles. The van der Waals surface area contributed by atoms with Gasteiger partial charge >= 0.3 is 6.18 Å². The first-order valence-electron chi connectivity index (χ1n) is 10.9. The molecule has 1 amide bonds. The van der Waals surface area contributed by atoms with Crippen LogP contribution in [-0.2, 0) is 11.0 Å². The first kappa shape index (κ1) is 21.6. The topological polar surface area (TPSA) is 72.1 Å². The molecule has 2 fully saturated rings. The smallest absolute Gasteiger partial charge is 0.368 e. The molecule has 4 rings (SSSR count). The van der Waals surface area contributed by atoms with E-state index in [0.717, 1.165) is 57.2 Å². The van der Waals surface area contributed by atoms with Gasteiger partial charge in [-0.2, -0.15) is 13.2 Å². The molecule has 2 aromatic rings. The Hall–Kier alpha value is -2.64. The van der Waals surface area contributed by atoms with E-state index in [1.54, 1.807) is 6.20 Å². The fourth-order valence-electron chi connectivity index (χ4n) is 4.79. The number of hydrogen-bond donors (Lipinski definition) is 1. The van der Waals surface area contributed by atoms with Gasteiger partial charge < -0.3 is 10.6 Å². The summed E-state index contributed by atoms with van der Waals surface area (Å²) in [6, 6.07) is 5.01. The van der Waals surface area contributed by atoms with Gasteiger partial charge in [0.2, 0.25) is 11.9 Å². The van der Waals surface area contributed by atoms with E-state index >= 15 is 0 Å². The number of likely N-dealkylation sites (tertiary alicyclic amines) is 1. The Balaban J connectivity index is 1.59. The summed E-state index contributed by atoms with van der Waals surface area (Å²) in [5.41, 5.74) is 7.13. The molecule has 1 aliphatic heterocycles. The Labute approximate surface area is 179 Å². The highest BCUT2D eigenvalue weighted by Gasteiger charge is 2.33. The molecule has 1 saturated carbocycles. The fourth-order valence-corrected chi connectivity index (χ4v) is 4.79. The number of nitrogens with two attached hydrogens (primary N) is 1. The standard InChI is InChI=1S/C23H27F3N4O/c24-23(25,26)18-10-8-15(9-11-18)19-13-28-22(27)29-20(19)17-7-4-12-30(14-17)21(31)16-5-2-1-3-6-16/h8-11,13,16-17H,1-7,12,14H2,(H2,27,28,29). The maximum Gasteiger partial charge on any atom is 0.416 e. The fraction of sp³-hybridized carbons (Fsp3) is 0.522. The van der Waals surface area contributed by atoms with Gasteiger partial charge in [0.1, 0.15) is 0 Å². The van der Waals surface area contributed by atoms with Crippen LogP contribution in [0.25, 0.3) is 11.1 Å². The van der Waals surface area contributed by atoms with Gasteiger partial charge in [-0.1, -0.05) is 31.4 Å². The zero-order chi connectivity index (χ0) is 22.0. The average Bonchev–Trinajstić information content (AvgIpc) is 2.79. The molecule has 1 atom stereocenters. The molecule has 1 aromatic carbocycles. The van der Waals surface area contributed by atoms with Gasteiger partial charge in [-0.15, -0.1) is 0 Å². The quantitative estimate of drug-likeness (QED) is 0.738. The molecule has 2 aliphatic rings. The molecule has 1 aromatic heterocycles. The number of carbonyl (C=O) groups is 1. The molecule has 8 heteroatoms. The molecule has 1 unspecified atom stereocenters. The number of halogens is 3. The summed E-state index contributed by atoms with van der Waals surface area (Å²) < 4.78 is 38.8. The molecular formula is C23H27F3N4O. The number of aromatic nitrogens is 2. The first-order chi connectivity index (χ1) is 14.8. The number of benzene rings is 1. The number of amides is 1. The van der Waals surface area contributed by atoms with Crippen molar-refractivity contribution in [1.29, 1.82) is 0 Å². The third-order valence-electron chi connectivity index (χ3n) is 6.43. The molecule has 0 bridgehead atoms. The maximum absolute atomic E-state index is 13.0. The van der Waals surface area contributed by atoms with E-state index in [1.165, 1.54) is 18.6 Å². The second-order valence-corrected chi connectivity index (χ2v) is 8.56. The number of anilines is 1. The van der Waals surface area contributed by atoms with E-state index < -0.39 is 11.7 Å². The van der Waals surface area contributed by atoms with Crippen molar-refractivity contribution >= 4 is 11.9 Å². The van der Waals surface area contributed by atoms with Gasteiger partial charge in [-0.25, -0.2) is 9.97 Å². The molecule has 1 aliphatic carbocycles. The van der Waals surface area contributed by atoms with Crippen molar-refractivity contribution < 1.29 is 18.0 Å². The van der Waals surface area contributed by atoms with Crippen LogP contribution in [0.1, 0.15) is 62.1 Å². The maximum atomic E-state index is 13.0. The number of nitrogens with zero attached hydrogens (tertiary/aromatic N) is 3. The monoisotopic (exact) mass is 432 g/mol. The van der Waals surface area contributed by atoms with Gasteiger partial charge in [0, 0.05) is 36.7 Å². The van der Waals surface area contributed by atoms with E-state index in [2.05, 4.69) is 9.97 Å². The van der Waals surface area contributed by atoms with Crippen molar-refractivity contribution in [2.45, 2.75) is 57.0 Å². The summed E-state index contributed by atoms with van der Waals surface area (Å²) >= 11 is 0. The minimum Gasteiger partial charge on any atom is -0.368 e. The highest BCUT2D eigenvalue weighted by atomic mass is 19.4. The molecule has 166 valence electrons. The van der Waals surface area contributed by atoms with Gasteiger partial charge in [0.15, 0.2) is 0 Å². The molecule has 0 radical (unpaired) electrons. The van der Waals surface area contributed by atoms with Crippen molar-refractivity contribution in [2.75, 3.05) is 18.8 Å². The van der Waals surface area contributed by atoms with Crippen LogP contribution in [0.5, 0.6) is 0 Å². The number of rotatable bonds is 3. The van der Waals surface area contributed by atoms with Gasteiger partial charge in [-0.3, -0.25) is 4.79 Å². The molecule has 5 nitrogen and oxygen atoms in total. The number of piperidine rings is 1. The van der Waals surface area contributed by atoms with Gasteiger partial charge in [-0.05, 0) is 43.4 Å². The highest BCUT2D eigenvalue weighted by molar-refractivity contribution is 5.79. The van der Waals surface area contributed by atoms with Crippen molar-refractivity contribution in [3.63, 3.8) is 0 Å². The zero-order valence-electron chi connectivity index (χ0n) is 17.4. The highest BCUT2D eigenvalue weighted by Crippen LogP contribution is 2.36. The van der Waals surface area contributed by atoms with Gasteiger partial charge in [0.05, 0.1) is 11.3 Å². The Kier molecular flexibility index (Phi) is 6.16. The molecule has 31 heavy (non-hydrogen) atoms. The number of carbonyl (C=O) groups excluding carboxylic acids is 1. The van der Waals surface area contributed by atoms with E-state index in [0.29, 0.717) is 23.4 Å². The predicted molar refractivity (Wildman–Crippen MR) is 112 cm³/mol. The summed E-state index contributed by atoms with van der Waals surface area (Å²) in [5, 5.41) is 0. The van der Waals surface area contributed by atoms with E-state index in [1.807, 2.05) is 4.90 Å².